The van der Waals surface area contributed by atoms with Gasteiger partial charge >= 0.3 is 6.03 Å². The standard InChI is InChI=1S/C16H21N3O2/c1-2-8-17-16(21)18-10-15(20)12-19-9-7-13-5-3-4-6-14(13)11-19/h1,3-6,15,20H,7-12H2,(H2,17,18,21). The van der Waals surface area contributed by atoms with Crippen molar-refractivity contribution < 1.29 is 9.90 Å². The summed E-state index contributed by atoms with van der Waals surface area (Å²) >= 11 is 0. The summed E-state index contributed by atoms with van der Waals surface area (Å²) in [5.41, 5.74) is 2.70. The van der Waals surface area contributed by atoms with Crippen molar-refractivity contribution in [2.24, 2.45) is 0 Å². The highest BCUT2D eigenvalue weighted by Crippen LogP contribution is 2.18. The number of rotatable bonds is 5. The van der Waals surface area contributed by atoms with E-state index in [4.69, 9.17) is 6.42 Å². The molecule has 2 rings (SSSR count). The maximum absolute atomic E-state index is 11.3. The van der Waals surface area contributed by atoms with E-state index in [1.54, 1.807) is 0 Å². The third kappa shape index (κ3) is 4.78. The van der Waals surface area contributed by atoms with Gasteiger partial charge in [0.25, 0.3) is 0 Å². The molecule has 1 unspecified atom stereocenters. The Labute approximate surface area is 125 Å². The number of aliphatic hydroxyl groups is 1. The average Bonchev–Trinajstić information content (AvgIpc) is 2.50. The highest BCUT2D eigenvalue weighted by Gasteiger charge is 2.18. The SMILES string of the molecule is C#CCNC(=O)NCC(O)CN1CCc2ccccc2C1. The molecule has 21 heavy (non-hydrogen) atoms. The van der Waals surface area contributed by atoms with Crippen LogP contribution in [0.3, 0.4) is 0 Å². The fourth-order valence-electron chi connectivity index (χ4n) is 2.48. The van der Waals surface area contributed by atoms with E-state index in [0.717, 1.165) is 19.5 Å². The lowest BCUT2D eigenvalue weighted by atomic mass is 10.00. The van der Waals surface area contributed by atoms with E-state index in [9.17, 15) is 9.90 Å². The highest BCUT2D eigenvalue weighted by molar-refractivity contribution is 5.74. The maximum Gasteiger partial charge on any atom is 0.315 e. The minimum atomic E-state index is -0.591. The van der Waals surface area contributed by atoms with E-state index in [1.807, 2.05) is 6.07 Å². The molecule has 112 valence electrons. The number of hydrogen-bond donors (Lipinski definition) is 3. The van der Waals surface area contributed by atoms with Crippen molar-refractivity contribution in [3.63, 3.8) is 0 Å². The number of hydrogen-bond acceptors (Lipinski definition) is 3. The summed E-state index contributed by atoms with van der Waals surface area (Å²) in [6.07, 6.45) is 5.45. The number of carbonyl (C=O) groups excluding carboxylic acids is 1. The number of nitrogens with zero attached hydrogens (tertiary/aromatic N) is 1. The minimum Gasteiger partial charge on any atom is -0.390 e. The number of β-amino-alcohol motifs (C(OH)–C–C–N with tert-alkyl or cyclic N) is 1. The van der Waals surface area contributed by atoms with E-state index in [2.05, 4.69) is 39.7 Å². The van der Waals surface area contributed by atoms with Gasteiger partial charge in [-0.15, -0.1) is 6.42 Å². The molecule has 0 bridgehead atoms. The largest absolute Gasteiger partial charge is 0.390 e. The molecule has 1 aromatic rings. The predicted octanol–water partition coefficient (Wildman–Crippen LogP) is 0.338. The number of aliphatic hydroxyl groups excluding tert-OH is 1. The lowest BCUT2D eigenvalue weighted by Crippen LogP contribution is -2.44. The van der Waals surface area contributed by atoms with E-state index in [0.29, 0.717) is 6.54 Å². The number of terminal acetylenes is 1. The first kappa shape index (κ1) is 15.4. The molecule has 0 radical (unpaired) electrons. The first-order chi connectivity index (χ1) is 10.2. The third-order valence-corrected chi connectivity index (χ3v) is 3.53. The topological polar surface area (TPSA) is 64.6 Å². The van der Waals surface area contributed by atoms with Crippen molar-refractivity contribution in [3.8, 4) is 12.3 Å². The number of amides is 2. The molecule has 0 saturated carbocycles. The lowest BCUT2D eigenvalue weighted by molar-refractivity contribution is 0.106. The molecule has 0 saturated heterocycles. The van der Waals surface area contributed by atoms with Gasteiger partial charge < -0.3 is 15.7 Å². The zero-order valence-corrected chi connectivity index (χ0v) is 12.0. The van der Waals surface area contributed by atoms with Crippen molar-refractivity contribution >= 4 is 6.03 Å². The Bertz CT molecular complexity index is 524. The van der Waals surface area contributed by atoms with Gasteiger partial charge in [0.15, 0.2) is 0 Å². The normalized spacial score (nSPS) is 15.6. The number of carbonyl (C=O) groups is 1. The fraction of sp³-hybridized carbons (Fsp3) is 0.438. The van der Waals surface area contributed by atoms with Gasteiger partial charge in [-0.2, -0.15) is 0 Å². The Morgan fingerprint density at radius 1 is 1.38 bits per heavy atom. The van der Waals surface area contributed by atoms with E-state index in [1.165, 1.54) is 11.1 Å². The number of nitrogens with one attached hydrogen (secondary N) is 2. The van der Waals surface area contributed by atoms with Crippen LogP contribution in [0.15, 0.2) is 24.3 Å². The van der Waals surface area contributed by atoms with E-state index >= 15 is 0 Å². The quantitative estimate of drug-likeness (QED) is 0.684. The average molecular weight is 287 g/mol. The van der Waals surface area contributed by atoms with Gasteiger partial charge in [0, 0.05) is 26.2 Å². The van der Waals surface area contributed by atoms with Crippen LogP contribution < -0.4 is 10.6 Å². The van der Waals surface area contributed by atoms with Crippen LogP contribution in [0.25, 0.3) is 0 Å². The summed E-state index contributed by atoms with van der Waals surface area (Å²) in [6.45, 7) is 2.72. The molecule has 1 aromatic carbocycles. The van der Waals surface area contributed by atoms with Gasteiger partial charge in [-0.3, -0.25) is 4.90 Å². The Kier molecular flexibility index (Phi) is 5.61. The van der Waals surface area contributed by atoms with Gasteiger partial charge in [-0.1, -0.05) is 30.2 Å². The molecule has 0 aliphatic carbocycles. The molecule has 1 aliphatic rings. The molecular formula is C16H21N3O2. The van der Waals surface area contributed by atoms with Gasteiger partial charge in [0.05, 0.1) is 12.6 Å². The molecule has 1 atom stereocenters. The highest BCUT2D eigenvalue weighted by atomic mass is 16.3. The van der Waals surface area contributed by atoms with Crippen LogP contribution in [-0.4, -0.2) is 48.3 Å². The summed E-state index contributed by atoms with van der Waals surface area (Å²) in [5.74, 6) is 2.32. The molecule has 0 spiro atoms. The number of benzene rings is 1. The molecule has 1 aliphatic heterocycles. The predicted molar refractivity (Wildman–Crippen MR) is 81.7 cm³/mol. The minimum absolute atomic E-state index is 0.185. The Morgan fingerprint density at radius 2 is 2.14 bits per heavy atom. The second-order valence-electron chi connectivity index (χ2n) is 5.18. The first-order valence-corrected chi connectivity index (χ1v) is 7.11. The molecule has 3 N–H and O–H groups in total. The Morgan fingerprint density at radius 3 is 2.90 bits per heavy atom. The van der Waals surface area contributed by atoms with Gasteiger partial charge in [0.1, 0.15) is 0 Å². The second kappa shape index (κ2) is 7.67. The van der Waals surface area contributed by atoms with Crippen molar-refractivity contribution in [1.82, 2.24) is 15.5 Å². The summed E-state index contributed by atoms with van der Waals surface area (Å²) in [4.78, 5) is 13.5. The fourth-order valence-corrected chi connectivity index (χ4v) is 2.48. The van der Waals surface area contributed by atoms with Crippen LogP contribution >= 0.6 is 0 Å². The van der Waals surface area contributed by atoms with E-state index in [-0.39, 0.29) is 19.1 Å². The van der Waals surface area contributed by atoms with Crippen LogP contribution in [0.1, 0.15) is 11.1 Å². The van der Waals surface area contributed by atoms with Crippen molar-refractivity contribution in [2.45, 2.75) is 19.1 Å². The molecular weight excluding hydrogens is 266 g/mol. The zero-order valence-electron chi connectivity index (χ0n) is 12.0. The smallest absolute Gasteiger partial charge is 0.315 e. The molecule has 0 fully saturated rings. The maximum atomic E-state index is 11.3. The number of urea groups is 1. The van der Waals surface area contributed by atoms with Gasteiger partial charge in [-0.25, -0.2) is 4.79 Å². The Hall–Kier alpha value is -2.03. The molecule has 1 heterocycles. The van der Waals surface area contributed by atoms with Crippen LogP contribution in [0.5, 0.6) is 0 Å². The molecule has 0 aromatic heterocycles. The van der Waals surface area contributed by atoms with E-state index < -0.39 is 6.10 Å². The van der Waals surface area contributed by atoms with Crippen LogP contribution in [-0.2, 0) is 13.0 Å². The second-order valence-corrected chi connectivity index (χ2v) is 5.18. The summed E-state index contributed by atoms with van der Waals surface area (Å²) in [6, 6.07) is 8.02. The summed E-state index contributed by atoms with van der Waals surface area (Å²) < 4.78 is 0. The van der Waals surface area contributed by atoms with Crippen molar-refractivity contribution in [2.75, 3.05) is 26.2 Å². The monoisotopic (exact) mass is 287 g/mol. The van der Waals surface area contributed by atoms with Crippen molar-refractivity contribution in [3.05, 3.63) is 35.4 Å². The summed E-state index contributed by atoms with van der Waals surface area (Å²) in [7, 11) is 0. The lowest BCUT2D eigenvalue weighted by Gasteiger charge is -2.30. The zero-order chi connectivity index (χ0) is 15.1. The van der Waals surface area contributed by atoms with Gasteiger partial charge in [0.2, 0.25) is 0 Å². The summed E-state index contributed by atoms with van der Waals surface area (Å²) in [5, 5.41) is 15.1. The molecule has 5 nitrogen and oxygen atoms in total. The van der Waals surface area contributed by atoms with Crippen LogP contribution in [0.2, 0.25) is 0 Å². The van der Waals surface area contributed by atoms with Crippen LogP contribution in [0.4, 0.5) is 4.79 Å². The molecule has 2 amide bonds. The number of fused-ring (bicyclic) bond motifs is 1. The van der Waals surface area contributed by atoms with Gasteiger partial charge in [-0.05, 0) is 17.5 Å². The molecule has 5 heteroatoms. The van der Waals surface area contributed by atoms with Crippen molar-refractivity contribution in [1.29, 1.82) is 0 Å². The Balaban J connectivity index is 1.73. The first-order valence-electron chi connectivity index (χ1n) is 7.11. The van der Waals surface area contributed by atoms with Crippen LogP contribution in [0, 0.1) is 12.3 Å². The third-order valence-electron chi connectivity index (χ3n) is 3.53.